The van der Waals surface area contributed by atoms with E-state index < -0.39 is 0 Å². The van der Waals surface area contributed by atoms with Crippen LogP contribution in [0.25, 0.3) is 0 Å². The molecule has 0 aliphatic rings. The molecular formula is C16H24N2. The summed E-state index contributed by atoms with van der Waals surface area (Å²) in [4.78, 5) is 0. The second-order valence-electron chi connectivity index (χ2n) is 5.10. The lowest BCUT2D eigenvalue weighted by Crippen LogP contribution is -2.44. The van der Waals surface area contributed by atoms with Crippen LogP contribution >= 0.6 is 0 Å². The number of nitrogens with one attached hydrogen (secondary N) is 1. The Hall–Kier alpha value is -1.33. The third kappa shape index (κ3) is 4.16. The summed E-state index contributed by atoms with van der Waals surface area (Å²) in [5.41, 5.74) is 0.848. The van der Waals surface area contributed by atoms with Gasteiger partial charge in [0.2, 0.25) is 0 Å². The Labute approximate surface area is 111 Å². The molecule has 98 valence electrons. The largest absolute Gasteiger partial charge is 0.295 e. The first-order chi connectivity index (χ1) is 8.65. The molecule has 0 aromatic heterocycles. The molecule has 0 spiro atoms. The molecule has 0 bridgehead atoms. The summed E-state index contributed by atoms with van der Waals surface area (Å²) in [5.74, 6) is 0.577. The van der Waals surface area contributed by atoms with Crippen LogP contribution in [0.4, 0.5) is 0 Å². The van der Waals surface area contributed by atoms with Crippen molar-refractivity contribution in [3.63, 3.8) is 0 Å². The van der Waals surface area contributed by atoms with Crippen LogP contribution in [0.2, 0.25) is 0 Å². The van der Waals surface area contributed by atoms with Crippen molar-refractivity contribution in [1.82, 2.24) is 5.32 Å². The summed E-state index contributed by atoms with van der Waals surface area (Å²) in [6.45, 7) is 7.24. The van der Waals surface area contributed by atoms with Gasteiger partial charge in [0.1, 0.15) is 5.54 Å². The summed E-state index contributed by atoms with van der Waals surface area (Å²) in [5, 5.41) is 12.9. The Bertz CT molecular complexity index is 380. The van der Waals surface area contributed by atoms with Crippen LogP contribution in [0.3, 0.4) is 0 Å². The maximum absolute atomic E-state index is 9.49. The van der Waals surface area contributed by atoms with Gasteiger partial charge in [0, 0.05) is 6.54 Å². The average Bonchev–Trinajstić information content (AvgIpc) is 2.44. The second-order valence-corrected chi connectivity index (χ2v) is 5.10. The smallest absolute Gasteiger partial charge is 0.107 e. The van der Waals surface area contributed by atoms with E-state index in [9.17, 15) is 5.26 Å². The van der Waals surface area contributed by atoms with Crippen molar-refractivity contribution in [3.8, 4) is 6.07 Å². The summed E-state index contributed by atoms with van der Waals surface area (Å²) in [6.07, 6.45) is 2.89. The van der Waals surface area contributed by atoms with E-state index in [-0.39, 0.29) is 5.54 Å². The number of rotatable bonds is 7. The molecule has 0 aliphatic heterocycles. The molecule has 0 radical (unpaired) electrons. The first kappa shape index (κ1) is 14.7. The van der Waals surface area contributed by atoms with Crippen molar-refractivity contribution in [2.75, 3.05) is 0 Å². The molecule has 18 heavy (non-hydrogen) atoms. The molecule has 0 amide bonds. The van der Waals surface area contributed by atoms with E-state index in [2.05, 4.69) is 44.3 Å². The summed E-state index contributed by atoms with van der Waals surface area (Å²) in [6, 6.07) is 12.8. The minimum absolute atomic E-state index is 0.384. The van der Waals surface area contributed by atoms with Gasteiger partial charge in [0.05, 0.1) is 6.07 Å². The second kappa shape index (κ2) is 7.18. The van der Waals surface area contributed by atoms with Crippen LogP contribution in [-0.2, 0) is 6.54 Å². The highest BCUT2D eigenvalue weighted by atomic mass is 15.0. The highest BCUT2D eigenvalue weighted by Crippen LogP contribution is 2.22. The zero-order chi connectivity index (χ0) is 13.4. The highest BCUT2D eigenvalue weighted by molar-refractivity contribution is 5.16. The minimum Gasteiger partial charge on any atom is -0.295 e. The number of nitriles is 1. The van der Waals surface area contributed by atoms with Crippen LogP contribution < -0.4 is 5.32 Å². The van der Waals surface area contributed by atoms with Gasteiger partial charge in [0.25, 0.3) is 0 Å². The quantitative estimate of drug-likeness (QED) is 0.790. The van der Waals surface area contributed by atoms with Crippen molar-refractivity contribution >= 4 is 0 Å². The number of hydrogen-bond acceptors (Lipinski definition) is 2. The molecule has 2 heteroatoms. The normalized spacial score (nSPS) is 15.7. The molecular weight excluding hydrogens is 220 g/mol. The standard InChI is InChI=1S/C16H24N2/c1-4-14(3)11-16(5-2,13-17)18-12-15-9-7-6-8-10-15/h6-10,14,18H,4-5,11-12H2,1-3H3. The highest BCUT2D eigenvalue weighted by Gasteiger charge is 2.28. The number of hydrogen-bond donors (Lipinski definition) is 1. The van der Waals surface area contributed by atoms with Crippen LogP contribution in [0, 0.1) is 17.2 Å². The summed E-state index contributed by atoms with van der Waals surface area (Å²) in [7, 11) is 0. The number of nitrogens with zero attached hydrogens (tertiary/aromatic N) is 1. The van der Waals surface area contributed by atoms with Crippen molar-refractivity contribution in [3.05, 3.63) is 35.9 Å². The fourth-order valence-corrected chi connectivity index (χ4v) is 2.11. The third-order valence-electron chi connectivity index (χ3n) is 3.69. The van der Waals surface area contributed by atoms with E-state index in [0.29, 0.717) is 5.92 Å². The average molecular weight is 244 g/mol. The van der Waals surface area contributed by atoms with Gasteiger partial charge in [-0.15, -0.1) is 0 Å². The first-order valence-electron chi connectivity index (χ1n) is 6.86. The minimum atomic E-state index is -0.384. The van der Waals surface area contributed by atoms with E-state index in [0.717, 1.165) is 25.8 Å². The molecule has 0 aliphatic carbocycles. The Balaban J connectivity index is 2.66. The SMILES string of the molecule is CCC(C)CC(C#N)(CC)NCc1ccccc1. The Morgan fingerprint density at radius 3 is 2.44 bits per heavy atom. The maximum Gasteiger partial charge on any atom is 0.107 e. The van der Waals surface area contributed by atoms with Crippen LogP contribution in [0.15, 0.2) is 30.3 Å². The van der Waals surface area contributed by atoms with Gasteiger partial charge < -0.3 is 0 Å². The summed E-state index contributed by atoms with van der Waals surface area (Å²) >= 11 is 0. The topological polar surface area (TPSA) is 35.8 Å². The Kier molecular flexibility index (Phi) is 5.88. The van der Waals surface area contributed by atoms with E-state index >= 15 is 0 Å². The van der Waals surface area contributed by atoms with Crippen molar-refractivity contribution in [2.24, 2.45) is 5.92 Å². The van der Waals surface area contributed by atoms with Gasteiger partial charge in [-0.3, -0.25) is 5.32 Å². The van der Waals surface area contributed by atoms with Gasteiger partial charge in [-0.25, -0.2) is 0 Å². The predicted molar refractivity (Wildman–Crippen MR) is 76.0 cm³/mol. The molecule has 2 nitrogen and oxygen atoms in total. The van der Waals surface area contributed by atoms with Crippen molar-refractivity contribution < 1.29 is 0 Å². The zero-order valence-corrected chi connectivity index (χ0v) is 11.7. The van der Waals surface area contributed by atoms with Gasteiger partial charge in [-0.05, 0) is 24.3 Å². The van der Waals surface area contributed by atoms with Crippen LogP contribution in [0.1, 0.15) is 45.6 Å². The number of benzene rings is 1. The molecule has 1 aromatic carbocycles. The lowest BCUT2D eigenvalue weighted by atomic mass is 9.85. The fraction of sp³-hybridized carbons (Fsp3) is 0.562. The van der Waals surface area contributed by atoms with Gasteiger partial charge in [-0.1, -0.05) is 57.5 Å². The molecule has 2 unspecified atom stereocenters. The molecule has 0 fully saturated rings. The van der Waals surface area contributed by atoms with E-state index in [1.807, 2.05) is 18.2 Å². The van der Waals surface area contributed by atoms with E-state index in [1.54, 1.807) is 0 Å². The zero-order valence-electron chi connectivity index (χ0n) is 11.7. The van der Waals surface area contributed by atoms with Gasteiger partial charge in [-0.2, -0.15) is 5.26 Å². The van der Waals surface area contributed by atoms with E-state index in [4.69, 9.17) is 0 Å². The molecule has 0 saturated heterocycles. The molecule has 2 atom stereocenters. The van der Waals surface area contributed by atoms with Crippen molar-refractivity contribution in [2.45, 2.75) is 52.1 Å². The van der Waals surface area contributed by atoms with Crippen LogP contribution in [-0.4, -0.2) is 5.54 Å². The Morgan fingerprint density at radius 2 is 1.94 bits per heavy atom. The van der Waals surface area contributed by atoms with Gasteiger partial charge in [0.15, 0.2) is 0 Å². The van der Waals surface area contributed by atoms with Gasteiger partial charge >= 0.3 is 0 Å². The molecule has 0 heterocycles. The molecule has 1 N–H and O–H groups in total. The molecule has 1 rings (SSSR count). The lowest BCUT2D eigenvalue weighted by Gasteiger charge is -2.29. The van der Waals surface area contributed by atoms with Crippen LogP contribution in [0.5, 0.6) is 0 Å². The molecule has 0 saturated carbocycles. The van der Waals surface area contributed by atoms with E-state index in [1.165, 1.54) is 5.56 Å². The maximum atomic E-state index is 9.49. The first-order valence-corrected chi connectivity index (χ1v) is 6.86. The lowest BCUT2D eigenvalue weighted by molar-refractivity contribution is 0.311. The summed E-state index contributed by atoms with van der Waals surface area (Å²) < 4.78 is 0. The monoisotopic (exact) mass is 244 g/mol. The molecule has 1 aromatic rings. The third-order valence-corrected chi connectivity index (χ3v) is 3.69. The predicted octanol–water partition coefficient (Wildman–Crippen LogP) is 3.88. The Morgan fingerprint density at radius 1 is 1.28 bits per heavy atom. The van der Waals surface area contributed by atoms with Crippen molar-refractivity contribution in [1.29, 1.82) is 5.26 Å². The fourth-order valence-electron chi connectivity index (χ4n) is 2.11.